The molecule has 7 nitrogen and oxygen atoms in total. The van der Waals surface area contributed by atoms with E-state index in [1.807, 2.05) is 6.07 Å². The van der Waals surface area contributed by atoms with E-state index in [9.17, 15) is 13.2 Å². The van der Waals surface area contributed by atoms with Crippen molar-refractivity contribution in [2.24, 2.45) is 5.92 Å². The molecule has 2 aliphatic heterocycles. The molecule has 2 fully saturated rings. The smallest absolute Gasteiger partial charge is 0.243 e. The predicted octanol–water partition coefficient (Wildman–Crippen LogP) is 3.38. The Morgan fingerprint density at radius 1 is 1.00 bits per heavy atom. The molecule has 0 radical (unpaired) electrons. The number of amides is 1. The zero-order chi connectivity index (χ0) is 21.7. The van der Waals surface area contributed by atoms with Crippen LogP contribution in [0.5, 0.6) is 0 Å². The van der Waals surface area contributed by atoms with Crippen LogP contribution < -0.4 is 10.2 Å². The normalized spacial score (nSPS) is 23.4. The van der Waals surface area contributed by atoms with Crippen LogP contribution in [0.15, 0.2) is 35.2 Å². The van der Waals surface area contributed by atoms with Gasteiger partial charge in [0.05, 0.1) is 29.5 Å². The molecule has 2 heterocycles. The van der Waals surface area contributed by atoms with Gasteiger partial charge in [0.2, 0.25) is 15.9 Å². The Labute approximate surface area is 185 Å². The second-order valence-electron chi connectivity index (χ2n) is 8.57. The molecule has 2 saturated heterocycles. The quantitative estimate of drug-likeness (QED) is 0.700. The highest BCUT2D eigenvalue weighted by molar-refractivity contribution is 7.89. The van der Waals surface area contributed by atoms with E-state index in [1.165, 1.54) is 17.1 Å². The zero-order valence-corrected chi connectivity index (χ0v) is 18.9. The summed E-state index contributed by atoms with van der Waals surface area (Å²) in [5.41, 5.74) is 1.53. The average Bonchev–Trinajstić information content (AvgIpc) is 3.10. The third-order valence-corrected chi connectivity index (χ3v) is 8.31. The molecule has 1 aromatic rings. The maximum Gasteiger partial charge on any atom is 0.243 e. The summed E-state index contributed by atoms with van der Waals surface area (Å²) >= 11 is 0. The van der Waals surface area contributed by atoms with Gasteiger partial charge in [-0.15, -0.1) is 0 Å². The van der Waals surface area contributed by atoms with Crippen LogP contribution in [0.1, 0.15) is 44.9 Å². The number of carbonyl (C=O) groups excluding carboxylic acids is 1. The predicted molar refractivity (Wildman–Crippen MR) is 122 cm³/mol. The first-order valence-corrected chi connectivity index (χ1v) is 12.9. The number of sulfonamides is 1. The van der Waals surface area contributed by atoms with Gasteiger partial charge in [0.1, 0.15) is 0 Å². The number of carbonyl (C=O) groups is 1. The highest BCUT2D eigenvalue weighted by Gasteiger charge is 2.28. The first-order chi connectivity index (χ1) is 15.1. The maximum atomic E-state index is 13.2. The monoisotopic (exact) mass is 447 g/mol. The first-order valence-electron chi connectivity index (χ1n) is 11.5. The Morgan fingerprint density at radius 3 is 2.42 bits per heavy atom. The van der Waals surface area contributed by atoms with Crippen molar-refractivity contribution >= 4 is 27.3 Å². The largest absolute Gasteiger partial charge is 0.379 e. The Kier molecular flexibility index (Phi) is 7.30. The molecule has 1 aromatic carbocycles. The molecular formula is C23H33N3O4S. The summed E-state index contributed by atoms with van der Waals surface area (Å²) in [7, 11) is -3.63. The fraction of sp³-hybridized carbons (Fsp3) is 0.609. The molecule has 0 saturated carbocycles. The standard InChI is InChI=1S/C23H33N3O4S/c27-23(19-8-4-3-5-9-19)24-21-18-20(31(28,29)26-14-16-30-17-15-26)10-11-22(21)25-12-6-1-2-7-13-25/h3-4,10-11,18-19H,1-2,5-9,12-17H2,(H,24,27). The van der Waals surface area contributed by atoms with Crippen molar-refractivity contribution in [1.29, 1.82) is 0 Å². The van der Waals surface area contributed by atoms with Crippen LogP contribution in [-0.2, 0) is 19.6 Å². The van der Waals surface area contributed by atoms with Gasteiger partial charge in [0.15, 0.2) is 0 Å². The van der Waals surface area contributed by atoms with Crippen molar-refractivity contribution in [2.45, 2.75) is 49.8 Å². The number of morpholine rings is 1. The van der Waals surface area contributed by atoms with Crippen LogP contribution in [0.2, 0.25) is 0 Å². The average molecular weight is 448 g/mol. The number of hydrogen-bond donors (Lipinski definition) is 1. The second-order valence-corrected chi connectivity index (χ2v) is 10.5. The van der Waals surface area contributed by atoms with Gasteiger partial charge >= 0.3 is 0 Å². The number of nitrogens with one attached hydrogen (secondary N) is 1. The summed E-state index contributed by atoms with van der Waals surface area (Å²) in [6, 6.07) is 5.21. The van der Waals surface area contributed by atoms with Gasteiger partial charge in [-0.2, -0.15) is 4.31 Å². The highest BCUT2D eigenvalue weighted by atomic mass is 32.2. The van der Waals surface area contributed by atoms with E-state index < -0.39 is 10.0 Å². The molecule has 0 aromatic heterocycles. The summed E-state index contributed by atoms with van der Waals surface area (Å²) in [4.78, 5) is 15.5. The van der Waals surface area contributed by atoms with Gasteiger partial charge in [0, 0.05) is 32.1 Å². The molecule has 3 aliphatic rings. The van der Waals surface area contributed by atoms with Crippen molar-refractivity contribution < 1.29 is 17.9 Å². The number of hydrogen-bond acceptors (Lipinski definition) is 5. The van der Waals surface area contributed by atoms with Crippen molar-refractivity contribution in [1.82, 2.24) is 4.31 Å². The van der Waals surface area contributed by atoms with Crippen LogP contribution in [0.4, 0.5) is 11.4 Å². The number of allylic oxidation sites excluding steroid dienone is 2. The fourth-order valence-electron chi connectivity index (χ4n) is 4.57. The molecule has 0 bridgehead atoms. The Morgan fingerprint density at radius 2 is 1.74 bits per heavy atom. The van der Waals surface area contributed by atoms with E-state index in [0.717, 1.165) is 50.9 Å². The number of ether oxygens (including phenoxy) is 1. The Hall–Kier alpha value is -1.90. The topological polar surface area (TPSA) is 79.0 Å². The fourth-order valence-corrected chi connectivity index (χ4v) is 6.00. The SMILES string of the molecule is O=C(Nc1cc(S(=O)(=O)N2CCOCC2)ccc1N1CCCCCC1)C1CC=CCC1. The molecule has 1 atom stereocenters. The third-order valence-electron chi connectivity index (χ3n) is 6.42. The molecule has 0 spiro atoms. The van der Waals surface area contributed by atoms with Gasteiger partial charge in [-0.05, 0) is 50.3 Å². The van der Waals surface area contributed by atoms with E-state index >= 15 is 0 Å². The van der Waals surface area contributed by atoms with Crippen LogP contribution >= 0.6 is 0 Å². The van der Waals surface area contributed by atoms with Crippen molar-refractivity contribution in [2.75, 3.05) is 49.6 Å². The van der Waals surface area contributed by atoms with Gasteiger partial charge < -0.3 is 15.0 Å². The molecule has 1 N–H and O–H groups in total. The lowest BCUT2D eigenvalue weighted by Gasteiger charge is -2.29. The molecule has 31 heavy (non-hydrogen) atoms. The minimum atomic E-state index is -3.63. The van der Waals surface area contributed by atoms with E-state index in [0.29, 0.717) is 32.0 Å². The van der Waals surface area contributed by atoms with Gasteiger partial charge in [-0.3, -0.25) is 4.79 Å². The molecule has 8 heteroatoms. The van der Waals surface area contributed by atoms with Crippen LogP contribution in [0, 0.1) is 5.92 Å². The lowest BCUT2D eigenvalue weighted by molar-refractivity contribution is -0.120. The summed E-state index contributed by atoms with van der Waals surface area (Å²) in [6.45, 7) is 3.36. The summed E-state index contributed by atoms with van der Waals surface area (Å²) in [6.07, 6.45) is 11.3. The number of anilines is 2. The van der Waals surface area contributed by atoms with E-state index in [2.05, 4.69) is 22.4 Å². The van der Waals surface area contributed by atoms with Crippen LogP contribution in [-0.4, -0.2) is 58.0 Å². The second kappa shape index (κ2) is 10.1. The Balaban J connectivity index is 1.64. The summed E-state index contributed by atoms with van der Waals surface area (Å²) in [5, 5.41) is 3.09. The lowest BCUT2D eigenvalue weighted by Crippen LogP contribution is -2.40. The van der Waals surface area contributed by atoms with Crippen molar-refractivity contribution in [3.8, 4) is 0 Å². The molecular weight excluding hydrogens is 414 g/mol. The number of rotatable bonds is 5. The van der Waals surface area contributed by atoms with Crippen LogP contribution in [0.3, 0.4) is 0 Å². The van der Waals surface area contributed by atoms with Gasteiger partial charge in [-0.1, -0.05) is 25.0 Å². The molecule has 1 aliphatic carbocycles. The molecule has 4 rings (SSSR count). The highest BCUT2D eigenvalue weighted by Crippen LogP contribution is 2.33. The van der Waals surface area contributed by atoms with Gasteiger partial charge in [-0.25, -0.2) is 8.42 Å². The van der Waals surface area contributed by atoms with Crippen molar-refractivity contribution in [3.05, 3.63) is 30.4 Å². The van der Waals surface area contributed by atoms with Crippen molar-refractivity contribution in [3.63, 3.8) is 0 Å². The maximum absolute atomic E-state index is 13.2. The number of benzene rings is 1. The van der Waals surface area contributed by atoms with E-state index in [4.69, 9.17) is 4.74 Å². The van der Waals surface area contributed by atoms with Crippen LogP contribution in [0.25, 0.3) is 0 Å². The molecule has 1 unspecified atom stereocenters. The minimum absolute atomic E-state index is 0.0265. The first kappa shape index (κ1) is 22.3. The molecule has 170 valence electrons. The number of nitrogens with zero attached hydrogens (tertiary/aromatic N) is 2. The molecule has 1 amide bonds. The zero-order valence-electron chi connectivity index (χ0n) is 18.1. The lowest BCUT2D eigenvalue weighted by atomic mass is 9.93. The van der Waals surface area contributed by atoms with E-state index in [1.54, 1.807) is 12.1 Å². The summed E-state index contributed by atoms with van der Waals surface area (Å²) in [5.74, 6) is -0.0946. The Bertz CT molecular complexity index is 901. The van der Waals surface area contributed by atoms with Gasteiger partial charge in [0.25, 0.3) is 0 Å². The van der Waals surface area contributed by atoms with E-state index in [-0.39, 0.29) is 16.7 Å². The minimum Gasteiger partial charge on any atom is -0.379 e. The third kappa shape index (κ3) is 5.30. The summed E-state index contributed by atoms with van der Waals surface area (Å²) < 4.78 is 33.2.